The Labute approximate surface area is 161 Å². The Kier molecular flexibility index (Phi) is 4.59. The number of fused-ring (bicyclic) bond motifs is 1. The van der Waals surface area contributed by atoms with Crippen molar-refractivity contribution in [3.05, 3.63) is 88.7 Å². The number of hydrogen-bond acceptors (Lipinski definition) is 1. The van der Waals surface area contributed by atoms with E-state index in [1.807, 2.05) is 30.3 Å². The van der Waals surface area contributed by atoms with Gasteiger partial charge in [0.2, 0.25) is 0 Å². The lowest BCUT2D eigenvalue weighted by Crippen LogP contribution is -2.44. The van der Waals surface area contributed by atoms with E-state index in [0.29, 0.717) is 0 Å². The first-order valence-corrected chi connectivity index (χ1v) is 9.46. The maximum atomic E-state index is 5.77. The zero-order valence-corrected chi connectivity index (χ0v) is 16.0. The average Bonchev–Trinajstić information content (AvgIpc) is 3.10. The van der Waals surface area contributed by atoms with E-state index in [4.69, 9.17) is 12.2 Å². The molecule has 3 aromatic rings. The number of benzene rings is 2. The molecule has 0 saturated heterocycles. The number of nitrogens with zero attached hydrogens (tertiary/aromatic N) is 2. The predicted octanol–water partition coefficient (Wildman–Crippen LogP) is 5.05. The molecule has 1 N–H and O–H groups in total. The van der Waals surface area contributed by atoms with E-state index in [1.54, 1.807) is 0 Å². The summed E-state index contributed by atoms with van der Waals surface area (Å²) in [5, 5.41) is 4.14. The average molecular weight is 412 g/mol. The van der Waals surface area contributed by atoms with Gasteiger partial charge in [0, 0.05) is 35.1 Å². The molecule has 0 spiro atoms. The third kappa shape index (κ3) is 3.34. The summed E-state index contributed by atoms with van der Waals surface area (Å²) in [4.78, 5) is 2.28. The molecule has 25 heavy (non-hydrogen) atoms. The molecule has 2 aromatic carbocycles. The highest BCUT2D eigenvalue weighted by Gasteiger charge is 2.30. The minimum atomic E-state index is 0.122. The van der Waals surface area contributed by atoms with Crippen molar-refractivity contribution < 1.29 is 0 Å². The molecule has 0 aliphatic carbocycles. The van der Waals surface area contributed by atoms with Gasteiger partial charge in [0.05, 0.1) is 6.04 Å². The zero-order valence-electron chi connectivity index (χ0n) is 13.6. The highest BCUT2D eigenvalue weighted by molar-refractivity contribution is 9.10. The summed E-state index contributed by atoms with van der Waals surface area (Å²) < 4.78 is 3.35. The Morgan fingerprint density at radius 3 is 2.64 bits per heavy atom. The van der Waals surface area contributed by atoms with Crippen LogP contribution < -0.4 is 5.32 Å². The summed E-state index contributed by atoms with van der Waals surface area (Å²) in [6, 6.07) is 23.1. The van der Waals surface area contributed by atoms with Crippen LogP contribution in [0.4, 0.5) is 5.69 Å². The number of anilines is 1. The lowest BCUT2D eigenvalue weighted by molar-refractivity contribution is 0.293. The molecule has 1 aliphatic heterocycles. The molecule has 4 rings (SSSR count). The van der Waals surface area contributed by atoms with Crippen LogP contribution in [0.1, 0.15) is 17.3 Å². The molecule has 0 amide bonds. The minimum Gasteiger partial charge on any atom is -0.348 e. The van der Waals surface area contributed by atoms with Gasteiger partial charge in [-0.2, -0.15) is 0 Å². The van der Waals surface area contributed by atoms with E-state index < -0.39 is 0 Å². The molecule has 2 heterocycles. The van der Waals surface area contributed by atoms with Gasteiger partial charge >= 0.3 is 0 Å². The minimum absolute atomic E-state index is 0.122. The van der Waals surface area contributed by atoms with Crippen LogP contribution in [-0.4, -0.2) is 21.1 Å². The second-order valence-electron chi connectivity index (χ2n) is 6.07. The summed E-state index contributed by atoms with van der Waals surface area (Å²) in [7, 11) is 0. The van der Waals surface area contributed by atoms with E-state index >= 15 is 0 Å². The smallest absolute Gasteiger partial charge is 0.174 e. The van der Waals surface area contributed by atoms with E-state index in [0.717, 1.165) is 28.4 Å². The van der Waals surface area contributed by atoms with E-state index in [9.17, 15) is 0 Å². The van der Waals surface area contributed by atoms with Gasteiger partial charge in [0.1, 0.15) is 0 Å². The Hall–Kier alpha value is -2.11. The van der Waals surface area contributed by atoms with Crippen molar-refractivity contribution in [1.29, 1.82) is 0 Å². The topological polar surface area (TPSA) is 20.2 Å². The summed E-state index contributed by atoms with van der Waals surface area (Å²) in [6.07, 6.45) is 2.15. The first-order valence-electron chi connectivity index (χ1n) is 8.25. The summed E-state index contributed by atoms with van der Waals surface area (Å²) in [6.45, 7) is 1.81. The normalized spacial score (nSPS) is 16.4. The Morgan fingerprint density at radius 1 is 1.00 bits per heavy atom. The Balaban J connectivity index is 1.66. The molecular formula is C20H18BrN3S. The quantitative estimate of drug-likeness (QED) is 0.595. The molecule has 1 aromatic heterocycles. The zero-order chi connectivity index (χ0) is 17.2. The van der Waals surface area contributed by atoms with Gasteiger partial charge in [0.15, 0.2) is 5.11 Å². The van der Waals surface area contributed by atoms with Crippen LogP contribution in [0.3, 0.4) is 0 Å². The Bertz CT molecular complexity index is 891. The Morgan fingerprint density at radius 2 is 1.84 bits per heavy atom. The van der Waals surface area contributed by atoms with Gasteiger partial charge < -0.3 is 14.8 Å². The van der Waals surface area contributed by atoms with Crippen molar-refractivity contribution >= 4 is 38.9 Å². The van der Waals surface area contributed by atoms with Gasteiger partial charge in [-0.1, -0.05) is 52.3 Å². The maximum absolute atomic E-state index is 5.77. The second-order valence-corrected chi connectivity index (χ2v) is 7.38. The fourth-order valence-electron chi connectivity index (χ4n) is 3.35. The van der Waals surface area contributed by atoms with E-state index in [1.165, 1.54) is 11.3 Å². The molecule has 1 aliphatic rings. The van der Waals surface area contributed by atoms with Crippen LogP contribution >= 0.6 is 28.1 Å². The molecular weight excluding hydrogens is 394 g/mol. The van der Waals surface area contributed by atoms with Crippen LogP contribution in [0.2, 0.25) is 0 Å². The predicted molar refractivity (Wildman–Crippen MR) is 110 cm³/mol. The molecule has 0 fully saturated rings. The van der Waals surface area contributed by atoms with Crippen molar-refractivity contribution in [2.75, 3.05) is 11.9 Å². The highest BCUT2D eigenvalue weighted by atomic mass is 79.9. The molecule has 1 unspecified atom stereocenters. The maximum Gasteiger partial charge on any atom is 0.174 e. The number of hydrogen-bond donors (Lipinski definition) is 1. The third-order valence-corrected chi connectivity index (χ3v) is 5.32. The number of nitrogens with one attached hydrogen (secondary N) is 1. The van der Waals surface area contributed by atoms with Crippen LogP contribution in [-0.2, 0) is 6.54 Å². The monoisotopic (exact) mass is 411 g/mol. The highest BCUT2D eigenvalue weighted by Crippen LogP contribution is 2.33. The van der Waals surface area contributed by atoms with Crippen LogP contribution in [0.25, 0.3) is 0 Å². The first kappa shape index (κ1) is 16.4. The molecule has 0 bridgehead atoms. The molecule has 126 valence electrons. The summed E-state index contributed by atoms with van der Waals surface area (Å²) in [5.41, 5.74) is 3.52. The fourth-order valence-corrected chi connectivity index (χ4v) is 4.06. The standard InChI is InChI=1S/C20H18BrN3S/c21-16-8-4-9-17(14-16)22-20(25)24-13-12-23-11-5-10-18(23)19(24)15-6-2-1-3-7-15/h1-11,14,19H,12-13H2,(H,22,25). The van der Waals surface area contributed by atoms with Crippen molar-refractivity contribution in [2.24, 2.45) is 0 Å². The summed E-state index contributed by atoms with van der Waals surface area (Å²) in [5.74, 6) is 0. The van der Waals surface area contributed by atoms with E-state index in [2.05, 4.69) is 73.3 Å². The van der Waals surface area contributed by atoms with Crippen LogP contribution in [0.5, 0.6) is 0 Å². The number of thiocarbonyl (C=S) groups is 1. The van der Waals surface area contributed by atoms with Gasteiger partial charge in [-0.05, 0) is 48.1 Å². The summed E-state index contributed by atoms with van der Waals surface area (Å²) >= 11 is 9.28. The molecule has 5 heteroatoms. The van der Waals surface area contributed by atoms with Crippen molar-refractivity contribution in [1.82, 2.24) is 9.47 Å². The molecule has 1 atom stereocenters. The third-order valence-electron chi connectivity index (χ3n) is 4.49. The molecule has 3 nitrogen and oxygen atoms in total. The van der Waals surface area contributed by atoms with Crippen molar-refractivity contribution in [2.45, 2.75) is 12.6 Å². The van der Waals surface area contributed by atoms with Gasteiger partial charge in [-0.15, -0.1) is 0 Å². The van der Waals surface area contributed by atoms with Crippen molar-refractivity contribution in [3.8, 4) is 0 Å². The SMILES string of the molecule is S=C(Nc1cccc(Br)c1)N1CCn2cccc2C1c1ccccc1. The molecule has 0 radical (unpaired) electrons. The van der Waals surface area contributed by atoms with Gasteiger partial charge in [-0.3, -0.25) is 0 Å². The van der Waals surface area contributed by atoms with Gasteiger partial charge in [-0.25, -0.2) is 0 Å². The number of aromatic nitrogens is 1. The van der Waals surface area contributed by atoms with Crippen LogP contribution in [0.15, 0.2) is 77.4 Å². The van der Waals surface area contributed by atoms with Gasteiger partial charge in [0.25, 0.3) is 0 Å². The molecule has 0 saturated carbocycles. The second kappa shape index (κ2) is 7.02. The number of halogens is 1. The first-order chi connectivity index (χ1) is 12.2. The lowest BCUT2D eigenvalue weighted by Gasteiger charge is -2.39. The van der Waals surface area contributed by atoms with E-state index in [-0.39, 0.29) is 6.04 Å². The lowest BCUT2D eigenvalue weighted by atomic mass is 10.0. The van der Waals surface area contributed by atoms with Crippen LogP contribution in [0, 0.1) is 0 Å². The largest absolute Gasteiger partial charge is 0.348 e. The fraction of sp³-hybridized carbons (Fsp3) is 0.150. The number of rotatable bonds is 2. The van der Waals surface area contributed by atoms with Crippen molar-refractivity contribution in [3.63, 3.8) is 0 Å².